The SMILES string of the molecule is COC1CNCc2c([nH]c3c2CCC=C3)[C@](C)(C=O)CC(C)C1. The molecule has 4 heteroatoms. The molecule has 3 rings (SSSR count). The third-order valence-corrected chi connectivity index (χ3v) is 5.37. The van der Waals surface area contributed by atoms with Crippen molar-refractivity contribution in [3.8, 4) is 0 Å². The first kappa shape index (κ1) is 16.5. The van der Waals surface area contributed by atoms with Crippen molar-refractivity contribution in [3.63, 3.8) is 0 Å². The summed E-state index contributed by atoms with van der Waals surface area (Å²) in [4.78, 5) is 15.6. The van der Waals surface area contributed by atoms with E-state index in [1.165, 1.54) is 16.8 Å². The van der Waals surface area contributed by atoms with Gasteiger partial charge in [-0.1, -0.05) is 13.0 Å². The Balaban J connectivity index is 2.04. The summed E-state index contributed by atoms with van der Waals surface area (Å²) in [7, 11) is 1.78. The minimum Gasteiger partial charge on any atom is -0.380 e. The van der Waals surface area contributed by atoms with E-state index in [1.807, 2.05) is 0 Å². The van der Waals surface area contributed by atoms with Crippen LogP contribution in [0.3, 0.4) is 0 Å². The lowest BCUT2D eigenvalue weighted by Crippen LogP contribution is -2.36. The van der Waals surface area contributed by atoms with E-state index in [9.17, 15) is 4.79 Å². The van der Waals surface area contributed by atoms with Crippen molar-refractivity contribution in [1.82, 2.24) is 10.3 Å². The zero-order valence-corrected chi connectivity index (χ0v) is 14.4. The van der Waals surface area contributed by atoms with Gasteiger partial charge in [-0.3, -0.25) is 0 Å². The summed E-state index contributed by atoms with van der Waals surface area (Å²) < 4.78 is 5.61. The van der Waals surface area contributed by atoms with Gasteiger partial charge in [-0.25, -0.2) is 0 Å². The second-order valence-corrected chi connectivity index (χ2v) is 7.38. The molecule has 0 bridgehead atoms. The maximum Gasteiger partial charge on any atom is 0.131 e. The lowest BCUT2D eigenvalue weighted by atomic mass is 9.76. The molecule has 0 saturated heterocycles. The van der Waals surface area contributed by atoms with Crippen LogP contribution in [-0.4, -0.2) is 31.0 Å². The summed E-state index contributed by atoms with van der Waals surface area (Å²) in [6.45, 7) is 5.95. The van der Waals surface area contributed by atoms with E-state index >= 15 is 0 Å². The largest absolute Gasteiger partial charge is 0.380 e. The summed E-state index contributed by atoms with van der Waals surface area (Å²) in [5.41, 5.74) is 4.51. The second kappa shape index (κ2) is 6.62. The van der Waals surface area contributed by atoms with Crippen LogP contribution in [0.2, 0.25) is 0 Å². The van der Waals surface area contributed by atoms with Crippen LogP contribution in [0, 0.1) is 5.92 Å². The highest BCUT2D eigenvalue weighted by molar-refractivity contribution is 5.70. The molecule has 2 unspecified atom stereocenters. The Morgan fingerprint density at radius 1 is 1.39 bits per heavy atom. The van der Waals surface area contributed by atoms with Crippen LogP contribution >= 0.6 is 0 Å². The standard InChI is InChI=1S/C19H28N2O2/c1-13-8-14(23-3)10-20-11-16-15-6-4-5-7-17(15)21-18(16)19(2,9-13)12-22/h5,7,12-14,20-21H,4,6,8-11H2,1-3H3/t13?,14?,19-/m0/s1. The average molecular weight is 316 g/mol. The minimum atomic E-state index is -0.461. The fraction of sp³-hybridized carbons (Fsp3) is 0.632. The van der Waals surface area contributed by atoms with E-state index in [4.69, 9.17) is 4.74 Å². The van der Waals surface area contributed by atoms with Crippen LogP contribution in [0.4, 0.5) is 0 Å². The lowest BCUT2D eigenvalue weighted by Gasteiger charge is -2.31. The van der Waals surface area contributed by atoms with Crippen molar-refractivity contribution >= 4 is 12.4 Å². The van der Waals surface area contributed by atoms with Crippen molar-refractivity contribution in [2.75, 3.05) is 13.7 Å². The molecular formula is C19H28N2O2. The number of carbonyl (C=O) groups is 1. The maximum atomic E-state index is 12.0. The first-order valence-corrected chi connectivity index (χ1v) is 8.68. The molecule has 0 fully saturated rings. The van der Waals surface area contributed by atoms with Gasteiger partial charge in [0.15, 0.2) is 0 Å². The molecule has 0 saturated carbocycles. The number of aromatic nitrogens is 1. The Labute approximate surface area is 138 Å². The topological polar surface area (TPSA) is 54.1 Å². The first-order chi connectivity index (χ1) is 11.1. The molecular weight excluding hydrogens is 288 g/mol. The zero-order chi connectivity index (χ0) is 16.4. The highest BCUT2D eigenvalue weighted by Crippen LogP contribution is 2.37. The number of fused-ring (bicyclic) bond motifs is 3. The highest BCUT2D eigenvalue weighted by atomic mass is 16.5. The molecule has 126 valence electrons. The molecule has 23 heavy (non-hydrogen) atoms. The maximum absolute atomic E-state index is 12.0. The number of carbonyl (C=O) groups excluding carboxylic acids is 1. The molecule has 0 aromatic carbocycles. The van der Waals surface area contributed by atoms with E-state index in [1.54, 1.807) is 7.11 Å². The average Bonchev–Trinajstić information content (AvgIpc) is 2.93. The van der Waals surface area contributed by atoms with Gasteiger partial charge < -0.3 is 19.8 Å². The number of rotatable bonds is 2. The van der Waals surface area contributed by atoms with E-state index in [-0.39, 0.29) is 6.10 Å². The summed E-state index contributed by atoms with van der Waals surface area (Å²) >= 11 is 0. The van der Waals surface area contributed by atoms with Gasteiger partial charge >= 0.3 is 0 Å². The number of H-pyrrole nitrogens is 1. The summed E-state index contributed by atoms with van der Waals surface area (Å²) in [5, 5.41) is 3.55. The van der Waals surface area contributed by atoms with Gasteiger partial charge in [0.25, 0.3) is 0 Å². The van der Waals surface area contributed by atoms with Crippen LogP contribution in [-0.2, 0) is 27.9 Å². The van der Waals surface area contributed by atoms with E-state index in [2.05, 4.69) is 36.3 Å². The quantitative estimate of drug-likeness (QED) is 0.825. The van der Waals surface area contributed by atoms with Gasteiger partial charge in [0, 0.05) is 31.6 Å². The molecule has 2 aliphatic rings. The van der Waals surface area contributed by atoms with E-state index in [0.29, 0.717) is 5.92 Å². The second-order valence-electron chi connectivity index (χ2n) is 7.38. The number of hydrogen-bond donors (Lipinski definition) is 2. The predicted molar refractivity (Wildman–Crippen MR) is 92.5 cm³/mol. The third kappa shape index (κ3) is 3.15. The summed E-state index contributed by atoms with van der Waals surface area (Å²) in [6, 6.07) is 0. The number of methoxy groups -OCH3 is 1. The highest BCUT2D eigenvalue weighted by Gasteiger charge is 2.35. The Bertz CT molecular complexity index is 605. The fourth-order valence-electron chi connectivity index (χ4n) is 4.22. The molecule has 4 nitrogen and oxygen atoms in total. The molecule has 3 atom stereocenters. The predicted octanol–water partition coefficient (Wildman–Crippen LogP) is 2.97. The molecule has 0 amide bonds. The Morgan fingerprint density at radius 2 is 2.22 bits per heavy atom. The van der Waals surface area contributed by atoms with Gasteiger partial charge in [-0.2, -0.15) is 0 Å². The molecule has 1 aromatic rings. The molecule has 1 aromatic heterocycles. The molecule has 1 aliphatic carbocycles. The van der Waals surface area contributed by atoms with Gasteiger partial charge in [-0.05, 0) is 55.7 Å². The van der Waals surface area contributed by atoms with E-state index in [0.717, 1.165) is 50.8 Å². The minimum absolute atomic E-state index is 0.206. The Kier molecular flexibility index (Phi) is 4.74. The molecule has 2 heterocycles. The van der Waals surface area contributed by atoms with Gasteiger partial charge in [-0.15, -0.1) is 0 Å². The molecule has 1 aliphatic heterocycles. The smallest absolute Gasteiger partial charge is 0.131 e. The summed E-state index contributed by atoms with van der Waals surface area (Å²) in [6.07, 6.45) is 9.67. The Hall–Kier alpha value is -1.39. The van der Waals surface area contributed by atoms with Crippen molar-refractivity contribution < 1.29 is 9.53 Å². The number of aldehydes is 1. The van der Waals surface area contributed by atoms with Gasteiger partial charge in [0.05, 0.1) is 11.5 Å². The van der Waals surface area contributed by atoms with E-state index < -0.39 is 5.41 Å². The van der Waals surface area contributed by atoms with Crippen LogP contribution in [0.1, 0.15) is 55.6 Å². The number of allylic oxidation sites excluding steroid dienone is 1. The summed E-state index contributed by atoms with van der Waals surface area (Å²) in [5.74, 6) is 0.429. The lowest BCUT2D eigenvalue weighted by molar-refractivity contribution is -0.112. The van der Waals surface area contributed by atoms with Crippen molar-refractivity contribution in [3.05, 3.63) is 28.6 Å². The Morgan fingerprint density at radius 3 is 2.96 bits per heavy atom. The van der Waals surface area contributed by atoms with Crippen LogP contribution in [0.25, 0.3) is 6.08 Å². The first-order valence-electron chi connectivity index (χ1n) is 8.68. The zero-order valence-electron chi connectivity index (χ0n) is 14.4. The van der Waals surface area contributed by atoms with Crippen LogP contribution in [0.5, 0.6) is 0 Å². The van der Waals surface area contributed by atoms with Crippen LogP contribution in [0.15, 0.2) is 6.08 Å². The number of aromatic amines is 1. The normalized spacial score (nSPS) is 31.3. The van der Waals surface area contributed by atoms with Gasteiger partial charge in [0.1, 0.15) is 6.29 Å². The molecule has 2 N–H and O–H groups in total. The number of hydrogen-bond acceptors (Lipinski definition) is 3. The monoisotopic (exact) mass is 316 g/mol. The molecule has 0 radical (unpaired) electrons. The van der Waals surface area contributed by atoms with Crippen molar-refractivity contribution in [1.29, 1.82) is 0 Å². The molecule has 0 spiro atoms. The third-order valence-electron chi connectivity index (χ3n) is 5.37. The number of ether oxygens (including phenoxy) is 1. The van der Waals surface area contributed by atoms with Crippen LogP contribution < -0.4 is 5.32 Å². The number of nitrogens with one attached hydrogen (secondary N) is 2. The fourth-order valence-corrected chi connectivity index (χ4v) is 4.22. The van der Waals surface area contributed by atoms with Crippen molar-refractivity contribution in [2.24, 2.45) is 5.92 Å². The van der Waals surface area contributed by atoms with Gasteiger partial charge in [0.2, 0.25) is 0 Å². The van der Waals surface area contributed by atoms with Crippen molar-refractivity contribution in [2.45, 2.75) is 57.6 Å².